The number of hydrogen-bond donors (Lipinski definition) is 1. The van der Waals surface area contributed by atoms with Crippen LogP contribution in [-0.2, 0) is 0 Å². The van der Waals surface area contributed by atoms with Gasteiger partial charge in [0.2, 0.25) is 0 Å². The van der Waals surface area contributed by atoms with Crippen molar-refractivity contribution in [3.05, 3.63) is 77.4 Å². The smallest absolute Gasteiger partial charge is 0.126 e. The summed E-state index contributed by atoms with van der Waals surface area (Å²) in [6.07, 6.45) is 3.70. The van der Waals surface area contributed by atoms with Crippen molar-refractivity contribution in [3.63, 3.8) is 0 Å². The fourth-order valence-corrected chi connectivity index (χ4v) is 2.66. The Balaban J connectivity index is 2.16. The molecule has 3 heteroatoms. The number of hydrogen-bond acceptors (Lipinski definition) is 2. The van der Waals surface area contributed by atoms with E-state index in [2.05, 4.69) is 16.4 Å². The zero-order chi connectivity index (χ0) is 14.8. The molecule has 106 valence electrons. The van der Waals surface area contributed by atoms with Crippen LogP contribution in [-0.4, -0.2) is 12.0 Å². The molecule has 0 saturated heterocycles. The van der Waals surface area contributed by atoms with E-state index in [4.69, 9.17) is 0 Å². The number of rotatable bonds is 3. The van der Waals surface area contributed by atoms with Gasteiger partial charge in [-0.1, -0.05) is 36.4 Å². The van der Waals surface area contributed by atoms with Crippen LogP contribution in [0.15, 0.2) is 54.9 Å². The third-order valence-electron chi connectivity index (χ3n) is 3.83. The molecule has 21 heavy (non-hydrogen) atoms. The maximum atomic E-state index is 13.9. The van der Waals surface area contributed by atoms with Crippen molar-refractivity contribution in [1.82, 2.24) is 10.3 Å². The molecule has 2 aromatic carbocycles. The average Bonchev–Trinajstić information content (AvgIpc) is 2.52. The van der Waals surface area contributed by atoms with Crippen LogP contribution in [0.3, 0.4) is 0 Å². The van der Waals surface area contributed by atoms with E-state index in [0.29, 0.717) is 5.56 Å². The molecular formula is C18H17FN2. The van der Waals surface area contributed by atoms with Crippen molar-refractivity contribution in [2.75, 3.05) is 7.05 Å². The molecular weight excluding hydrogens is 263 g/mol. The molecule has 1 aromatic heterocycles. The van der Waals surface area contributed by atoms with Crippen LogP contribution in [0, 0.1) is 12.7 Å². The molecule has 3 aromatic rings. The Morgan fingerprint density at radius 2 is 1.90 bits per heavy atom. The van der Waals surface area contributed by atoms with Crippen molar-refractivity contribution >= 4 is 10.8 Å². The van der Waals surface area contributed by atoms with Gasteiger partial charge >= 0.3 is 0 Å². The third kappa shape index (κ3) is 2.52. The van der Waals surface area contributed by atoms with Gasteiger partial charge < -0.3 is 5.32 Å². The summed E-state index contributed by atoms with van der Waals surface area (Å²) in [4.78, 5) is 4.31. The molecule has 0 aliphatic heterocycles. The first-order chi connectivity index (χ1) is 10.2. The molecule has 0 bridgehead atoms. The van der Waals surface area contributed by atoms with Crippen LogP contribution in [0.25, 0.3) is 10.8 Å². The lowest BCUT2D eigenvalue weighted by Gasteiger charge is -2.19. The molecule has 2 nitrogen and oxygen atoms in total. The summed E-state index contributed by atoms with van der Waals surface area (Å²) in [5.74, 6) is -0.180. The second-order valence-electron chi connectivity index (χ2n) is 5.18. The topological polar surface area (TPSA) is 24.9 Å². The van der Waals surface area contributed by atoms with Gasteiger partial charge in [0.15, 0.2) is 0 Å². The number of halogens is 1. The minimum absolute atomic E-state index is 0.0845. The largest absolute Gasteiger partial charge is 0.309 e. The third-order valence-corrected chi connectivity index (χ3v) is 3.83. The highest BCUT2D eigenvalue weighted by molar-refractivity contribution is 5.85. The van der Waals surface area contributed by atoms with E-state index in [9.17, 15) is 4.39 Å². The van der Waals surface area contributed by atoms with Crippen molar-refractivity contribution in [3.8, 4) is 0 Å². The second kappa shape index (κ2) is 5.62. The first kappa shape index (κ1) is 13.7. The van der Waals surface area contributed by atoms with Gasteiger partial charge in [-0.3, -0.25) is 4.98 Å². The highest BCUT2D eigenvalue weighted by Gasteiger charge is 2.16. The van der Waals surface area contributed by atoms with E-state index < -0.39 is 0 Å². The summed E-state index contributed by atoms with van der Waals surface area (Å²) in [6, 6.07) is 13.4. The number of aromatic nitrogens is 1. The molecule has 1 atom stereocenters. The first-order valence-electron chi connectivity index (χ1n) is 6.96. The van der Waals surface area contributed by atoms with Gasteiger partial charge in [-0.05, 0) is 42.1 Å². The van der Waals surface area contributed by atoms with Gasteiger partial charge in [0.25, 0.3) is 0 Å². The van der Waals surface area contributed by atoms with E-state index in [1.54, 1.807) is 13.0 Å². The van der Waals surface area contributed by atoms with Crippen LogP contribution in [0.2, 0.25) is 0 Å². The Bertz CT molecular complexity index is 778. The summed E-state index contributed by atoms with van der Waals surface area (Å²) in [6.45, 7) is 1.77. The number of fused-ring (bicyclic) bond motifs is 1. The Morgan fingerprint density at radius 1 is 1.10 bits per heavy atom. The van der Waals surface area contributed by atoms with Crippen LogP contribution in [0.5, 0.6) is 0 Å². The zero-order valence-electron chi connectivity index (χ0n) is 12.1. The summed E-state index contributed by atoms with van der Waals surface area (Å²) in [5, 5.41) is 5.49. The van der Waals surface area contributed by atoms with E-state index in [-0.39, 0.29) is 11.9 Å². The van der Waals surface area contributed by atoms with Crippen molar-refractivity contribution in [2.45, 2.75) is 13.0 Å². The Hall–Kier alpha value is -2.26. The molecule has 0 fully saturated rings. The summed E-state index contributed by atoms with van der Waals surface area (Å²) in [7, 11) is 1.88. The highest BCUT2D eigenvalue weighted by atomic mass is 19.1. The molecule has 1 heterocycles. The van der Waals surface area contributed by atoms with Crippen molar-refractivity contribution < 1.29 is 4.39 Å². The molecule has 3 rings (SSSR count). The van der Waals surface area contributed by atoms with Gasteiger partial charge in [0, 0.05) is 17.8 Å². The predicted molar refractivity (Wildman–Crippen MR) is 83.8 cm³/mol. The molecule has 1 unspecified atom stereocenters. The number of nitrogens with one attached hydrogen (secondary N) is 1. The SMILES string of the molecule is CNC(c1ccc(C)c(F)c1)c1cncc2ccccc12. The number of aryl methyl sites for hydroxylation is 1. The molecule has 1 N–H and O–H groups in total. The van der Waals surface area contributed by atoms with Gasteiger partial charge in [-0.25, -0.2) is 4.39 Å². The van der Waals surface area contributed by atoms with Crippen LogP contribution >= 0.6 is 0 Å². The minimum Gasteiger partial charge on any atom is -0.309 e. The quantitative estimate of drug-likeness (QED) is 0.784. The molecule has 0 amide bonds. The normalized spacial score (nSPS) is 12.5. The van der Waals surface area contributed by atoms with E-state index >= 15 is 0 Å². The van der Waals surface area contributed by atoms with E-state index in [1.165, 1.54) is 0 Å². The van der Waals surface area contributed by atoms with E-state index in [1.807, 2.05) is 49.8 Å². The lowest BCUT2D eigenvalue weighted by atomic mass is 9.95. The fraction of sp³-hybridized carbons (Fsp3) is 0.167. The molecule has 0 saturated carbocycles. The average molecular weight is 280 g/mol. The number of benzene rings is 2. The summed E-state index contributed by atoms with van der Waals surface area (Å²) < 4.78 is 13.9. The Kier molecular flexibility index (Phi) is 3.67. The maximum Gasteiger partial charge on any atom is 0.126 e. The highest BCUT2D eigenvalue weighted by Crippen LogP contribution is 2.28. The monoisotopic (exact) mass is 280 g/mol. The Labute approximate surface area is 123 Å². The first-order valence-corrected chi connectivity index (χ1v) is 6.96. The van der Waals surface area contributed by atoms with Gasteiger partial charge in [-0.2, -0.15) is 0 Å². The summed E-state index contributed by atoms with van der Waals surface area (Å²) in [5.41, 5.74) is 2.61. The van der Waals surface area contributed by atoms with Crippen LogP contribution in [0.1, 0.15) is 22.7 Å². The van der Waals surface area contributed by atoms with E-state index in [0.717, 1.165) is 21.9 Å². The van der Waals surface area contributed by atoms with Gasteiger partial charge in [0.05, 0.1) is 6.04 Å². The predicted octanol–water partition coefficient (Wildman–Crippen LogP) is 3.99. The van der Waals surface area contributed by atoms with Crippen molar-refractivity contribution in [2.24, 2.45) is 0 Å². The fourth-order valence-electron chi connectivity index (χ4n) is 2.66. The number of nitrogens with zero attached hydrogens (tertiary/aromatic N) is 1. The molecule has 0 radical (unpaired) electrons. The van der Waals surface area contributed by atoms with Gasteiger partial charge in [0.1, 0.15) is 5.82 Å². The standard InChI is InChI=1S/C18H17FN2/c1-12-7-8-13(9-17(12)19)18(20-2)16-11-21-10-14-5-3-4-6-15(14)16/h3-11,18,20H,1-2H3. The second-order valence-corrected chi connectivity index (χ2v) is 5.18. The minimum atomic E-state index is -0.180. The maximum absolute atomic E-state index is 13.9. The molecule has 0 aliphatic carbocycles. The Morgan fingerprint density at radius 3 is 2.67 bits per heavy atom. The summed E-state index contributed by atoms with van der Waals surface area (Å²) >= 11 is 0. The number of pyridine rings is 1. The van der Waals surface area contributed by atoms with Crippen LogP contribution in [0.4, 0.5) is 4.39 Å². The van der Waals surface area contributed by atoms with Gasteiger partial charge in [-0.15, -0.1) is 0 Å². The lowest BCUT2D eigenvalue weighted by Crippen LogP contribution is -2.18. The molecule has 0 aliphatic rings. The lowest BCUT2D eigenvalue weighted by molar-refractivity contribution is 0.608. The van der Waals surface area contributed by atoms with Crippen LogP contribution < -0.4 is 5.32 Å². The molecule has 0 spiro atoms. The van der Waals surface area contributed by atoms with Crippen molar-refractivity contribution in [1.29, 1.82) is 0 Å². The zero-order valence-corrected chi connectivity index (χ0v) is 12.1.